The lowest BCUT2D eigenvalue weighted by Gasteiger charge is -2.34. The predicted molar refractivity (Wildman–Crippen MR) is 106 cm³/mol. The van der Waals surface area contributed by atoms with Crippen LogP contribution in [0.2, 0.25) is 0 Å². The first kappa shape index (κ1) is 25.6. The molecule has 0 saturated heterocycles. The van der Waals surface area contributed by atoms with Gasteiger partial charge in [0.15, 0.2) is 5.60 Å². The molecular formula is C22H23F7N2O. The fraction of sp³-hybridized carbons (Fsp3) is 0.409. The normalized spacial score (nSPS) is 15.9. The second-order valence-corrected chi connectivity index (χ2v) is 7.70. The molecule has 2 aromatic rings. The third-order valence-corrected chi connectivity index (χ3v) is 5.16. The number of aryl methyl sites for hydroxylation is 1. The first-order chi connectivity index (χ1) is 14.7. The predicted octanol–water partition coefficient (Wildman–Crippen LogP) is 5.99. The van der Waals surface area contributed by atoms with Crippen molar-refractivity contribution < 1.29 is 35.8 Å². The molecule has 0 aliphatic rings. The summed E-state index contributed by atoms with van der Waals surface area (Å²) in [6.07, 6.45) is -9.49. The molecule has 176 valence electrons. The van der Waals surface area contributed by atoms with Gasteiger partial charge < -0.3 is 10.4 Å². The van der Waals surface area contributed by atoms with Crippen molar-refractivity contribution in [2.24, 2.45) is 0 Å². The van der Waals surface area contributed by atoms with Crippen molar-refractivity contribution in [3.8, 4) is 0 Å². The first-order valence-electron chi connectivity index (χ1n) is 9.63. The topological polar surface area (TPSA) is 45.2 Å². The Kier molecular flexibility index (Phi) is 7.59. The number of pyridine rings is 1. The summed E-state index contributed by atoms with van der Waals surface area (Å²) in [6, 6.07) is 5.66. The molecule has 2 unspecified atom stereocenters. The number of hydrogen-bond donors (Lipinski definition) is 2. The molecule has 1 heterocycles. The first-order valence-corrected chi connectivity index (χ1v) is 9.63. The molecule has 2 rings (SSSR count). The fourth-order valence-electron chi connectivity index (χ4n) is 3.47. The Morgan fingerprint density at radius 2 is 1.78 bits per heavy atom. The van der Waals surface area contributed by atoms with Gasteiger partial charge in [-0.2, -0.15) is 26.3 Å². The monoisotopic (exact) mass is 464 g/mol. The molecule has 32 heavy (non-hydrogen) atoms. The van der Waals surface area contributed by atoms with E-state index in [-0.39, 0.29) is 11.3 Å². The zero-order chi connectivity index (χ0) is 24.3. The number of halogens is 7. The van der Waals surface area contributed by atoms with Gasteiger partial charge in [-0.25, -0.2) is 4.39 Å². The summed E-state index contributed by atoms with van der Waals surface area (Å²) in [6.45, 7) is 3.07. The Hall–Kier alpha value is -2.62. The van der Waals surface area contributed by atoms with Crippen molar-refractivity contribution in [3.05, 3.63) is 70.4 Å². The van der Waals surface area contributed by atoms with Gasteiger partial charge in [0, 0.05) is 25.4 Å². The van der Waals surface area contributed by atoms with Crippen LogP contribution in [-0.4, -0.2) is 28.9 Å². The summed E-state index contributed by atoms with van der Waals surface area (Å²) >= 11 is 0. The standard InChI is InChI=1S/C22H23F7N2O/c1-13-4-5-16(23)10-18(13)14(2)11-20(32,22(27,28)29)12-17(30-3)8-15-6-7-31-19(9-15)21(24,25)26/h4-10,14,30,32H,11-12H2,1-3H3/b17-8-. The molecule has 10 heteroatoms. The molecule has 0 saturated carbocycles. The van der Waals surface area contributed by atoms with Gasteiger partial charge in [-0.3, -0.25) is 4.98 Å². The lowest BCUT2D eigenvalue weighted by atomic mass is 9.82. The molecule has 0 fully saturated rings. The second kappa shape index (κ2) is 9.48. The average molecular weight is 464 g/mol. The van der Waals surface area contributed by atoms with Crippen molar-refractivity contribution in [1.29, 1.82) is 0 Å². The zero-order valence-electron chi connectivity index (χ0n) is 17.6. The van der Waals surface area contributed by atoms with Crippen LogP contribution in [0, 0.1) is 12.7 Å². The number of rotatable bonds is 7. The summed E-state index contributed by atoms with van der Waals surface area (Å²) in [5.41, 5.74) is -3.67. The maximum absolute atomic E-state index is 13.9. The van der Waals surface area contributed by atoms with Gasteiger partial charge in [0.05, 0.1) is 0 Å². The molecule has 1 aromatic heterocycles. The van der Waals surface area contributed by atoms with Gasteiger partial charge in [0.1, 0.15) is 11.5 Å². The molecule has 1 aromatic carbocycles. The average Bonchev–Trinajstić information content (AvgIpc) is 2.68. The Bertz CT molecular complexity index is 969. The van der Waals surface area contributed by atoms with Crippen LogP contribution in [0.4, 0.5) is 30.7 Å². The van der Waals surface area contributed by atoms with Crippen molar-refractivity contribution in [2.45, 2.75) is 50.6 Å². The second-order valence-electron chi connectivity index (χ2n) is 7.70. The van der Waals surface area contributed by atoms with E-state index in [0.29, 0.717) is 17.2 Å². The maximum Gasteiger partial charge on any atom is 0.433 e. The van der Waals surface area contributed by atoms with E-state index in [2.05, 4.69) is 10.3 Å². The lowest BCUT2D eigenvalue weighted by Crippen LogP contribution is -2.47. The van der Waals surface area contributed by atoms with E-state index < -0.39 is 48.2 Å². The van der Waals surface area contributed by atoms with Gasteiger partial charge in [0.2, 0.25) is 0 Å². The van der Waals surface area contributed by atoms with Gasteiger partial charge in [-0.15, -0.1) is 0 Å². The Balaban J connectivity index is 2.38. The quantitative estimate of drug-likeness (QED) is 0.495. The Morgan fingerprint density at radius 3 is 2.34 bits per heavy atom. The maximum atomic E-state index is 13.9. The Morgan fingerprint density at radius 1 is 1.12 bits per heavy atom. The van der Waals surface area contributed by atoms with E-state index in [1.807, 2.05) is 0 Å². The molecule has 0 amide bonds. The van der Waals surface area contributed by atoms with Gasteiger partial charge in [-0.1, -0.05) is 13.0 Å². The minimum atomic E-state index is -5.05. The van der Waals surface area contributed by atoms with Gasteiger partial charge >= 0.3 is 12.4 Å². The van der Waals surface area contributed by atoms with E-state index in [1.54, 1.807) is 6.92 Å². The van der Waals surface area contributed by atoms with Crippen LogP contribution in [0.1, 0.15) is 48.1 Å². The lowest BCUT2D eigenvalue weighted by molar-refractivity contribution is -0.263. The minimum Gasteiger partial charge on any atom is -0.391 e. The van der Waals surface area contributed by atoms with E-state index in [0.717, 1.165) is 18.3 Å². The molecule has 0 radical (unpaired) electrons. The number of hydrogen-bond acceptors (Lipinski definition) is 3. The smallest absolute Gasteiger partial charge is 0.391 e. The van der Waals surface area contributed by atoms with E-state index >= 15 is 0 Å². The highest BCUT2D eigenvalue weighted by molar-refractivity contribution is 5.53. The Labute approximate surface area is 181 Å². The summed E-state index contributed by atoms with van der Waals surface area (Å²) in [5.74, 6) is -1.46. The molecule has 0 aliphatic heterocycles. The third kappa shape index (κ3) is 6.21. The van der Waals surface area contributed by atoms with Crippen LogP contribution in [0.3, 0.4) is 0 Å². The molecule has 3 nitrogen and oxygen atoms in total. The fourth-order valence-corrected chi connectivity index (χ4v) is 3.47. The van der Waals surface area contributed by atoms with Crippen molar-refractivity contribution in [1.82, 2.24) is 10.3 Å². The highest BCUT2D eigenvalue weighted by atomic mass is 19.4. The van der Waals surface area contributed by atoms with Crippen molar-refractivity contribution >= 4 is 6.08 Å². The zero-order valence-corrected chi connectivity index (χ0v) is 17.6. The van der Waals surface area contributed by atoms with Crippen molar-refractivity contribution in [3.63, 3.8) is 0 Å². The number of nitrogens with zero attached hydrogens (tertiary/aromatic N) is 1. The summed E-state index contributed by atoms with van der Waals surface area (Å²) < 4.78 is 93.8. The van der Waals surface area contributed by atoms with Crippen LogP contribution in [-0.2, 0) is 6.18 Å². The summed E-state index contributed by atoms with van der Waals surface area (Å²) in [5, 5.41) is 13.1. The van der Waals surface area contributed by atoms with Crippen LogP contribution in [0.25, 0.3) is 6.08 Å². The molecule has 0 spiro atoms. The summed E-state index contributed by atoms with van der Waals surface area (Å²) in [7, 11) is 1.30. The highest BCUT2D eigenvalue weighted by Gasteiger charge is 2.54. The third-order valence-electron chi connectivity index (χ3n) is 5.16. The van der Waals surface area contributed by atoms with Crippen LogP contribution < -0.4 is 5.32 Å². The molecule has 0 aliphatic carbocycles. The number of nitrogens with one attached hydrogen (secondary N) is 1. The largest absolute Gasteiger partial charge is 0.433 e. The molecule has 2 atom stereocenters. The van der Waals surface area contributed by atoms with Crippen LogP contribution in [0.15, 0.2) is 42.2 Å². The van der Waals surface area contributed by atoms with E-state index in [4.69, 9.17) is 0 Å². The number of alkyl halides is 6. The SMILES string of the molecule is CN/C(=C\c1ccnc(C(F)(F)F)c1)CC(O)(CC(C)c1cc(F)ccc1C)C(F)(F)F. The summed E-state index contributed by atoms with van der Waals surface area (Å²) in [4.78, 5) is 3.21. The molecule has 0 bridgehead atoms. The van der Waals surface area contributed by atoms with Crippen LogP contribution >= 0.6 is 0 Å². The molecular weight excluding hydrogens is 441 g/mol. The van der Waals surface area contributed by atoms with Crippen LogP contribution in [0.5, 0.6) is 0 Å². The van der Waals surface area contributed by atoms with E-state index in [1.165, 1.54) is 32.2 Å². The number of aromatic nitrogens is 1. The number of benzene rings is 1. The van der Waals surface area contributed by atoms with Gasteiger partial charge in [-0.05, 0) is 66.3 Å². The minimum absolute atomic E-state index is 0.0322. The highest BCUT2D eigenvalue weighted by Crippen LogP contribution is 2.42. The van der Waals surface area contributed by atoms with Gasteiger partial charge in [0.25, 0.3) is 0 Å². The van der Waals surface area contributed by atoms with E-state index in [9.17, 15) is 35.8 Å². The van der Waals surface area contributed by atoms with Crippen molar-refractivity contribution in [2.75, 3.05) is 7.05 Å². The molecule has 2 N–H and O–H groups in total. The number of aliphatic hydroxyl groups is 1.